The fourth-order valence-corrected chi connectivity index (χ4v) is 2.26. The minimum absolute atomic E-state index is 0.628. The van der Waals surface area contributed by atoms with Crippen molar-refractivity contribution in [1.29, 1.82) is 0 Å². The van der Waals surface area contributed by atoms with Gasteiger partial charge in [0.1, 0.15) is 0 Å². The third-order valence-electron chi connectivity index (χ3n) is 2.99. The third kappa shape index (κ3) is 1.60. The van der Waals surface area contributed by atoms with Gasteiger partial charge in [0.15, 0.2) is 0 Å². The largest absolute Gasteiger partial charge is 0.327 e. The lowest BCUT2D eigenvalue weighted by molar-refractivity contribution is 0.909. The molecule has 1 heteroatoms. The van der Waals surface area contributed by atoms with Crippen molar-refractivity contribution in [2.24, 2.45) is 5.73 Å². The lowest BCUT2D eigenvalue weighted by atomic mass is 9.99. The number of hydrogen-bond acceptors (Lipinski definition) is 1. The van der Waals surface area contributed by atoms with Crippen LogP contribution in [0.4, 0.5) is 0 Å². The molecule has 0 fully saturated rings. The summed E-state index contributed by atoms with van der Waals surface area (Å²) in [6, 6.07) is 4.44. The number of fused-ring (bicyclic) bond motifs is 1. The molecule has 0 saturated heterocycles. The summed E-state index contributed by atoms with van der Waals surface area (Å²) in [6.45, 7) is 2.84. The summed E-state index contributed by atoms with van der Waals surface area (Å²) in [6.07, 6.45) is 7.99. The van der Waals surface area contributed by atoms with Gasteiger partial charge in [0, 0.05) is 6.54 Å². The molecule has 0 aromatic heterocycles. The first-order valence-corrected chi connectivity index (χ1v) is 5.31. The molecule has 1 nitrogen and oxygen atoms in total. The predicted octanol–water partition coefficient (Wildman–Crippen LogP) is 2.46. The van der Waals surface area contributed by atoms with Crippen molar-refractivity contribution >= 4 is 6.08 Å². The summed E-state index contributed by atoms with van der Waals surface area (Å²) in [5, 5.41) is 0. The van der Waals surface area contributed by atoms with Gasteiger partial charge in [-0.25, -0.2) is 0 Å². The van der Waals surface area contributed by atoms with Gasteiger partial charge in [0.25, 0.3) is 0 Å². The smallest absolute Gasteiger partial charge is 0.0110 e. The molecular formula is C13H17N. The molecular weight excluding hydrogens is 170 g/mol. The third-order valence-corrected chi connectivity index (χ3v) is 2.99. The zero-order valence-electron chi connectivity index (χ0n) is 8.72. The molecule has 0 bridgehead atoms. The van der Waals surface area contributed by atoms with Gasteiger partial charge in [0.05, 0.1) is 0 Å². The Bertz CT molecular complexity index is 364. The molecule has 1 aliphatic rings. The first-order chi connectivity index (χ1) is 6.83. The molecule has 2 rings (SSSR count). The van der Waals surface area contributed by atoms with Crippen molar-refractivity contribution in [3.8, 4) is 0 Å². The molecule has 0 saturated carbocycles. The van der Waals surface area contributed by atoms with E-state index < -0.39 is 0 Å². The van der Waals surface area contributed by atoms with Crippen LogP contribution in [0.5, 0.6) is 0 Å². The zero-order valence-corrected chi connectivity index (χ0v) is 8.72. The van der Waals surface area contributed by atoms with Gasteiger partial charge in [0.2, 0.25) is 0 Å². The second kappa shape index (κ2) is 3.97. The van der Waals surface area contributed by atoms with E-state index in [9.17, 15) is 0 Å². The summed E-state index contributed by atoms with van der Waals surface area (Å²) >= 11 is 0. The SMILES string of the molecule is Cc1ccc(/C=C/CN)c2c1CCC2. The molecule has 0 amide bonds. The average molecular weight is 187 g/mol. The van der Waals surface area contributed by atoms with Crippen molar-refractivity contribution in [3.63, 3.8) is 0 Å². The quantitative estimate of drug-likeness (QED) is 0.756. The van der Waals surface area contributed by atoms with Crippen LogP contribution in [0, 0.1) is 6.92 Å². The van der Waals surface area contributed by atoms with Crippen LogP contribution >= 0.6 is 0 Å². The van der Waals surface area contributed by atoms with Crippen LogP contribution in [0.1, 0.15) is 28.7 Å². The van der Waals surface area contributed by atoms with E-state index in [-0.39, 0.29) is 0 Å². The van der Waals surface area contributed by atoms with Gasteiger partial charge in [-0.2, -0.15) is 0 Å². The van der Waals surface area contributed by atoms with Crippen LogP contribution in [-0.4, -0.2) is 6.54 Å². The van der Waals surface area contributed by atoms with Gasteiger partial charge in [-0.3, -0.25) is 0 Å². The van der Waals surface area contributed by atoms with E-state index in [4.69, 9.17) is 5.73 Å². The molecule has 0 heterocycles. The Morgan fingerprint density at radius 2 is 2.07 bits per heavy atom. The van der Waals surface area contributed by atoms with E-state index in [0.29, 0.717) is 6.54 Å². The first kappa shape index (κ1) is 9.47. The molecule has 1 aromatic rings. The minimum atomic E-state index is 0.628. The number of aryl methyl sites for hydroxylation is 1. The maximum atomic E-state index is 5.46. The fraction of sp³-hybridized carbons (Fsp3) is 0.385. The highest BCUT2D eigenvalue weighted by Crippen LogP contribution is 2.28. The molecule has 1 aromatic carbocycles. The Hall–Kier alpha value is -1.08. The standard InChI is InChI=1S/C13H17N/c1-10-7-8-11(4-3-9-14)13-6-2-5-12(10)13/h3-4,7-8H,2,5-6,9,14H2,1H3/b4-3+. The van der Waals surface area contributed by atoms with Crippen molar-refractivity contribution in [2.45, 2.75) is 26.2 Å². The summed E-state index contributed by atoms with van der Waals surface area (Å²) in [5.41, 5.74) is 11.4. The maximum Gasteiger partial charge on any atom is 0.0110 e. The summed E-state index contributed by atoms with van der Waals surface area (Å²) in [7, 11) is 0. The van der Waals surface area contributed by atoms with E-state index >= 15 is 0 Å². The van der Waals surface area contributed by atoms with Gasteiger partial charge in [-0.15, -0.1) is 0 Å². The molecule has 1 aliphatic carbocycles. The molecule has 0 unspecified atom stereocenters. The van der Waals surface area contributed by atoms with Crippen LogP contribution in [-0.2, 0) is 12.8 Å². The van der Waals surface area contributed by atoms with Crippen LogP contribution in [0.3, 0.4) is 0 Å². The first-order valence-electron chi connectivity index (χ1n) is 5.31. The highest BCUT2D eigenvalue weighted by molar-refractivity contribution is 5.59. The second-order valence-electron chi connectivity index (χ2n) is 3.92. The lowest BCUT2D eigenvalue weighted by Gasteiger charge is -2.07. The fourth-order valence-electron chi connectivity index (χ4n) is 2.26. The Balaban J connectivity index is 2.43. The zero-order chi connectivity index (χ0) is 9.97. The molecule has 0 atom stereocenters. The summed E-state index contributed by atoms with van der Waals surface area (Å²) in [4.78, 5) is 0. The molecule has 74 valence electrons. The number of benzene rings is 1. The van der Waals surface area contributed by atoms with Crippen LogP contribution in [0.2, 0.25) is 0 Å². The average Bonchev–Trinajstić information content (AvgIpc) is 2.66. The van der Waals surface area contributed by atoms with E-state index in [0.717, 1.165) is 0 Å². The summed E-state index contributed by atoms with van der Waals surface area (Å²) in [5.74, 6) is 0. The van der Waals surface area contributed by atoms with Gasteiger partial charge < -0.3 is 5.73 Å². The van der Waals surface area contributed by atoms with E-state index in [1.807, 2.05) is 6.08 Å². The number of nitrogens with two attached hydrogens (primary N) is 1. The van der Waals surface area contributed by atoms with Gasteiger partial charge >= 0.3 is 0 Å². The Morgan fingerprint density at radius 1 is 1.29 bits per heavy atom. The molecule has 0 aliphatic heterocycles. The Morgan fingerprint density at radius 3 is 2.86 bits per heavy atom. The van der Waals surface area contributed by atoms with Crippen molar-refractivity contribution in [1.82, 2.24) is 0 Å². The van der Waals surface area contributed by atoms with Gasteiger partial charge in [-0.1, -0.05) is 24.3 Å². The normalized spacial score (nSPS) is 15.0. The van der Waals surface area contributed by atoms with Crippen molar-refractivity contribution in [2.75, 3.05) is 6.54 Å². The second-order valence-corrected chi connectivity index (χ2v) is 3.92. The van der Waals surface area contributed by atoms with Crippen LogP contribution < -0.4 is 5.73 Å². The lowest BCUT2D eigenvalue weighted by Crippen LogP contribution is -1.94. The predicted molar refractivity (Wildman–Crippen MR) is 61.3 cm³/mol. The van der Waals surface area contributed by atoms with E-state index in [2.05, 4.69) is 25.1 Å². The molecule has 0 radical (unpaired) electrons. The van der Waals surface area contributed by atoms with Gasteiger partial charge in [-0.05, 0) is 48.4 Å². The van der Waals surface area contributed by atoms with Crippen molar-refractivity contribution in [3.05, 3.63) is 40.5 Å². The molecule has 2 N–H and O–H groups in total. The van der Waals surface area contributed by atoms with Crippen LogP contribution in [0.15, 0.2) is 18.2 Å². The highest BCUT2D eigenvalue weighted by atomic mass is 14.5. The monoisotopic (exact) mass is 187 g/mol. The topological polar surface area (TPSA) is 26.0 Å². The maximum absolute atomic E-state index is 5.46. The van der Waals surface area contributed by atoms with Crippen molar-refractivity contribution < 1.29 is 0 Å². The van der Waals surface area contributed by atoms with E-state index in [1.54, 1.807) is 11.1 Å². The molecule has 0 spiro atoms. The Kier molecular flexibility index (Phi) is 2.69. The highest BCUT2D eigenvalue weighted by Gasteiger charge is 2.14. The number of rotatable bonds is 2. The van der Waals surface area contributed by atoms with Crippen LogP contribution in [0.25, 0.3) is 6.08 Å². The summed E-state index contributed by atoms with van der Waals surface area (Å²) < 4.78 is 0. The molecule has 14 heavy (non-hydrogen) atoms. The van der Waals surface area contributed by atoms with E-state index in [1.165, 1.54) is 30.4 Å². The Labute approximate surface area is 85.6 Å². The number of hydrogen-bond donors (Lipinski definition) is 1. The minimum Gasteiger partial charge on any atom is -0.327 e.